The van der Waals surface area contributed by atoms with E-state index in [-0.39, 0.29) is 10.6 Å². The number of unbranched alkanes of at least 4 members (excludes halogenated alkanes) is 1. The number of nitro groups is 1. The number of methoxy groups -OCH3 is 1. The van der Waals surface area contributed by atoms with Crippen molar-refractivity contribution < 1.29 is 9.66 Å². The molecule has 1 rings (SSSR count). The van der Waals surface area contributed by atoms with Gasteiger partial charge in [0.2, 0.25) is 0 Å². The molecule has 0 aliphatic rings. The van der Waals surface area contributed by atoms with Crippen LogP contribution in [-0.2, 0) is 11.3 Å². The van der Waals surface area contributed by atoms with Gasteiger partial charge in [-0.05, 0) is 19.4 Å². The number of nitrogens with one attached hydrogen (secondary N) is 1. The van der Waals surface area contributed by atoms with Crippen LogP contribution in [0.2, 0.25) is 0 Å². The maximum atomic E-state index is 10.8. The molecule has 1 aromatic carbocycles. The number of ether oxygens (including phenoxy) is 1. The van der Waals surface area contributed by atoms with Crippen LogP contribution in [0, 0.1) is 10.1 Å². The minimum atomic E-state index is -0.345. The highest BCUT2D eigenvalue weighted by molar-refractivity contribution is 5.39. The lowest BCUT2D eigenvalue weighted by atomic mass is 10.2. The zero-order valence-corrected chi connectivity index (χ0v) is 10.0. The van der Waals surface area contributed by atoms with Crippen LogP contribution in [0.5, 0.6) is 0 Å². The molecular formula is C12H18N2O3. The molecule has 0 aliphatic heterocycles. The van der Waals surface area contributed by atoms with Crippen molar-refractivity contribution >= 4 is 5.69 Å². The highest BCUT2D eigenvalue weighted by Gasteiger charge is 2.10. The van der Waals surface area contributed by atoms with Crippen molar-refractivity contribution in [1.82, 2.24) is 5.32 Å². The molecule has 1 N–H and O–H groups in total. The van der Waals surface area contributed by atoms with Crippen LogP contribution >= 0.6 is 0 Å². The lowest BCUT2D eigenvalue weighted by molar-refractivity contribution is -0.385. The topological polar surface area (TPSA) is 64.4 Å². The Morgan fingerprint density at radius 3 is 2.82 bits per heavy atom. The van der Waals surface area contributed by atoms with E-state index in [9.17, 15) is 10.1 Å². The Morgan fingerprint density at radius 2 is 2.12 bits per heavy atom. The first kappa shape index (κ1) is 13.6. The average Bonchev–Trinajstić information content (AvgIpc) is 2.34. The molecular weight excluding hydrogens is 220 g/mol. The van der Waals surface area contributed by atoms with Gasteiger partial charge in [0.15, 0.2) is 0 Å². The summed E-state index contributed by atoms with van der Waals surface area (Å²) in [6.45, 7) is 2.13. The van der Waals surface area contributed by atoms with E-state index >= 15 is 0 Å². The van der Waals surface area contributed by atoms with Gasteiger partial charge in [0.1, 0.15) is 0 Å². The van der Waals surface area contributed by atoms with E-state index in [1.54, 1.807) is 19.2 Å². The fourth-order valence-corrected chi connectivity index (χ4v) is 1.56. The number of para-hydroxylation sites is 1. The van der Waals surface area contributed by atoms with E-state index < -0.39 is 0 Å². The van der Waals surface area contributed by atoms with Crippen molar-refractivity contribution in [3.8, 4) is 0 Å². The van der Waals surface area contributed by atoms with Gasteiger partial charge in [-0.1, -0.05) is 18.2 Å². The third-order valence-electron chi connectivity index (χ3n) is 2.46. The number of rotatable bonds is 8. The van der Waals surface area contributed by atoms with E-state index in [2.05, 4.69) is 5.32 Å². The Morgan fingerprint density at radius 1 is 1.35 bits per heavy atom. The fourth-order valence-electron chi connectivity index (χ4n) is 1.56. The number of hydrogen-bond donors (Lipinski definition) is 1. The third-order valence-corrected chi connectivity index (χ3v) is 2.46. The summed E-state index contributed by atoms with van der Waals surface area (Å²) in [5.74, 6) is 0. The zero-order valence-electron chi connectivity index (χ0n) is 10.0. The van der Waals surface area contributed by atoms with Crippen molar-refractivity contribution in [2.45, 2.75) is 19.4 Å². The lowest BCUT2D eigenvalue weighted by Gasteiger charge is -2.05. The van der Waals surface area contributed by atoms with Gasteiger partial charge in [-0.3, -0.25) is 10.1 Å². The molecule has 5 nitrogen and oxygen atoms in total. The molecule has 0 amide bonds. The van der Waals surface area contributed by atoms with Crippen LogP contribution in [0.1, 0.15) is 18.4 Å². The van der Waals surface area contributed by atoms with Crippen LogP contribution in [0.4, 0.5) is 5.69 Å². The maximum absolute atomic E-state index is 10.8. The molecule has 0 radical (unpaired) electrons. The van der Waals surface area contributed by atoms with E-state index in [4.69, 9.17) is 4.74 Å². The summed E-state index contributed by atoms with van der Waals surface area (Å²) < 4.78 is 4.94. The van der Waals surface area contributed by atoms with Gasteiger partial charge in [0.25, 0.3) is 5.69 Å². The van der Waals surface area contributed by atoms with Gasteiger partial charge in [0.05, 0.1) is 4.92 Å². The van der Waals surface area contributed by atoms with Crippen molar-refractivity contribution in [2.75, 3.05) is 20.3 Å². The second-order valence-electron chi connectivity index (χ2n) is 3.76. The smallest absolute Gasteiger partial charge is 0.273 e. The first-order valence-electron chi connectivity index (χ1n) is 5.67. The zero-order chi connectivity index (χ0) is 12.5. The van der Waals surface area contributed by atoms with Gasteiger partial charge >= 0.3 is 0 Å². The molecule has 0 unspecified atom stereocenters. The Bertz CT molecular complexity index is 355. The average molecular weight is 238 g/mol. The summed E-state index contributed by atoms with van der Waals surface area (Å²) in [7, 11) is 1.68. The van der Waals surface area contributed by atoms with Crippen LogP contribution < -0.4 is 5.32 Å². The van der Waals surface area contributed by atoms with E-state index in [1.807, 2.05) is 6.07 Å². The maximum Gasteiger partial charge on any atom is 0.273 e. The largest absolute Gasteiger partial charge is 0.385 e. The monoisotopic (exact) mass is 238 g/mol. The standard InChI is InChI=1S/C12H18N2O3/c1-17-9-5-4-8-13-10-11-6-2-3-7-12(11)14(15)16/h2-3,6-7,13H,4-5,8-10H2,1H3. The number of benzene rings is 1. The van der Waals surface area contributed by atoms with Gasteiger partial charge in [-0.2, -0.15) is 0 Å². The van der Waals surface area contributed by atoms with Gasteiger partial charge < -0.3 is 10.1 Å². The summed E-state index contributed by atoms with van der Waals surface area (Å²) in [6, 6.07) is 6.80. The molecule has 0 fully saturated rings. The summed E-state index contributed by atoms with van der Waals surface area (Å²) in [5.41, 5.74) is 0.904. The van der Waals surface area contributed by atoms with Crippen LogP contribution in [-0.4, -0.2) is 25.2 Å². The Hall–Kier alpha value is -1.46. The van der Waals surface area contributed by atoms with Crippen molar-refractivity contribution in [2.24, 2.45) is 0 Å². The van der Waals surface area contributed by atoms with Crippen LogP contribution in [0.15, 0.2) is 24.3 Å². The first-order valence-corrected chi connectivity index (χ1v) is 5.67. The van der Waals surface area contributed by atoms with Gasteiger partial charge in [-0.15, -0.1) is 0 Å². The summed E-state index contributed by atoms with van der Waals surface area (Å²) in [5, 5.41) is 14.0. The fraction of sp³-hybridized carbons (Fsp3) is 0.500. The summed E-state index contributed by atoms with van der Waals surface area (Å²) in [6.07, 6.45) is 2.01. The second kappa shape index (κ2) is 7.76. The highest BCUT2D eigenvalue weighted by atomic mass is 16.6. The molecule has 0 spiro atoms. The molecule has 0 saturated heterocycles. The van der Waals surface area contributed by atoms with Crippen molar-refractivity contribution in [1.29, 1.82) is 0 Å². The highest BCUT2D eigenvalue weighted by Crippen LogP contribution is 2.16. The molecule has 0 aliphatic carbocycles. The van der Waals surface area contributed by atoms with Crippen LogP contribution in [0.25, 0.3) is 0 Å². The van der Waals surface area contributed by atoms with E-state index in [0.29, 0.717) is 6.54 Å². The predicted octanol–water partition coefficient (Wildman–Crippen LogP) is 2.11. The molecule has 5 heteroatoms. The predicted molar refractivity (Wildman–Crippen MR) is 65.9 cm³/mol. The molecule has 0 saturated carbocycles. The Kier molecular flexibility index (Phi) is 6.21. The molecule has 1 aromatic rings. The second-order valence-corrected chi connectivity index (χ2v) is 3.76. The molecule has 94 valence electrons. The Labute approximate surface area is 101 Å². The molecule has 0 atom stereocenters. The third kappa shape index (κ3) is 4.93. The van der Waals surface area contributed by atoms with Crippen molar-refractivity contribution in [3.63, 3.8) is 0 Å². The van der Waals surface area contributed by atoms with Gasteiger partial charge in [0, 0.05) is 31.9 Å². The Balaban J connectivity index is 2.34. The number of hydrogen-bond acceptors (Lipinski definition) is 4. The summed E-state index contributed by atoms with van der Waals surface area (Å²) >= 11 is 0. The molecule has 17 heavy (non-hydrogen) atoms. The molecule has 0 heterocycles. The SMILES string of the molecule is COCCCCNCc1ccccc1[N+](=O)[O-]. The van der Waals surface area contributed by atoms with E-state index in [1.165, 1.54) is 6.07 Å². The van der Waals surface area contributed by atoms with Crippen molar-refractivity contribution in [3.05, 3.63) is 39.9 Å². The quantitative estimate of drug-likeness (QED) is 0.428. The summed E-state index contributed by atoms with van der Waals surface area (Å²) in [4.78, 5) is 10.4. The van der Waals surface area contributed by atoms with Gasteiger partial charge in [-0.25, -0.2) is 0 Å². The first-order chi connectivity index (χ1) is 8.25. The normalized spacial score (nSPS) is 10.4. The number of nitro benzene ring substituents is 1. The minimum absolute atomic E-state index is 0.178. The minimum Gasteiger partial charge on any atom is -0.385 e. The number of nitrogens with zero attached hydrogens (tertiary/aromatic N) is 1. The lowest BCUT2D eigenvalue weighted by Crippen LogP contribution is -2.16. The van der Waals surface area contributed by atoms with E-state index in [0.717, 1.165) is 31.6 Å². The van der Waals surface area contributed by atoms with Crippen LogP contribution in [0.3, 0.4) is 0 Å². The molecule has 0 aromatic heterocycles. The molecule has 0 bridgehead atoms.